The maximum Gasteiger partial charge on any atom is 0.108 e. The van der Waals surface area contributed by atoms with Crippen LogP contribution in [0, 0.1) is 11.8 Å². The van der Waals surface area contributed by atoms with Gasteiger partial charge >= 0.3 is 0 Å². The van der Waals surface area contributed by atoms with Crippen LogP contribution in [0.5, 0.6) is 5.75 Å². The molecule has 0 heterocycles. The van der Waals surface area contributed by atoms with E-state index in [1.165, 1.54) is 18.2 Å². The van der Waals surface area contributed by atoms with E-state index in [-0.39, 0.29) is 5.75 Å². The average molecular weight is 136 g/mol. The standard InChI is InChI=1S/C7H7NO2/c1-5-4-6(8-10)2-3-7(5)9/h2-4,9H,1H3/p-1. The van der Waals surface area contributed by atoms with Crippen molar-refractivity contribution >= 4 is 5.69 Å². The zero-order chi connectivity index (χ0) is 7.56. The first-order chi connectivity index (χ1) is 4.74. The van der Waals surface area contributed by atoms with Crippen molar-refractivity contribution in [1.29, 1.82) is 0 Å². The van der Waals surface area contributed by atoms with E-state index in [1.54, 1.807) is 6.92 Å². The van der Waals surface area contributed by atoms with Gasteiger partial charge < -0.3 is 5.11 Å². The molecule has 0 aliphatic rings. The van der Waals surface area contributed by atoms with Crippen LogP contribution < -0.4 is 5.11 Å². The third kappa shape index (κ3) is 1.13. The average Bonchev–Trinajstić information content (AvgIpc) is 1.95. The van der Waals surface area contributed by atoms with Crippen LogP contribution >= 0.6 is 0 Å². The second kappa shape index (κ2) is 2.47. The number of hydrogen-bond donors (Lipinski definition) is 0. The Morgan fingerprint density at radius 1 is 1.50 bits per heavy atom. The van der Waals surface area contributed by atoms with Gasteiger partial charge in [-0.2, -0.15) is 0 Å². The second-order valence-corrected chi connectivity index (χ2v) is 2.04. The molecule has 0 radical (unpaired) electrons. The van der Waals surface area contributed by atoms with Gasteiger partial charge in [-0.25, -0.2) is 0 Å². The molecule has 0 spiro atoms. The van der Waals surface area contributed by atoms with Gasteiger partial charge in [0.1, 0.15) is 5.69 Å². The second-order valence-electron chi connectivity index (χ2n) is 2.04. The summed E-state index contributed by atoms with van der Waals surface area (Å²) >= 11 is 0. The van der Waals surface area contributed by atoms with E-state index >= 15 is 0 Å². The minimum absolute atomic E-state index is 0.0626. The highest BCUT2D eigenvalue weighted by atomic mass is 16.3. The molecule has 0 aromatic heterocycles. The third-order valence-electron chi connectivity index (χ3n) is 1.26. The molecule has 0 aliphatic heterocycles. The molecule has 0 fully saturated rings. The van der Waals surface area contributed by atoms with E-state index in [9.17, 15) is 10.0 Å². The molecule has 0 saturated carbocycles. The Bertz CT molecular complexity index is 258. The number of rotatable bonds is 1. The molecule has 10 heavy (non-hydrogen) atoms. The lowest BCUT2D eigenvalue weighted by molar-refractivity contribution is -0.269. The number of aryl methyl sites for hydroxylation is 1. The van der Waals surface area contributed by atoms with Crippen molar-refractivity contribution in [2.45, 2.75) is 6.92 Å². The van der Waals surface area contributed by atoms with Gasteiger partial charge in [-0.15, -0.1) is 10.7 Å². The van der Waals surface area contributed by atoms with E-state index in [0.717, 1.165) is 0 Å². The van der Waals surface area contributed by atoms with Gasteiger partial charge in [-0.3, -0.25) is 0 Å². The fourth-order valence-corrected chi connectivity index (χ4v) is 0.690. The minimum atomic E-state index is -0.0626. The van der Waals surface area contributed by atoms with Gasteiger partial charge in [-0.1, -0.05) is 11.6 Å². The first kappa shape index (κ1) is 6.74. The first-order valence-electron chi connectivity index (χ1n) is 2.85. The smallest absolute Gasteiger partial charge is 0.108 e. The molecule has 0 amide bonds. The summed E-state index contributed by atoms with van der Waals surface area (Å²) in [6.45, 7) is 1.65. The van der Waals surface area contributed by atoms with Crippen LogP contribution in [0.1, 0.15) is 5.56 Å². The third-order valence-corrected chi connectivity index (χ3v) is 1.26. The first-order valence-corrected chi connectivity index (χ1v) is 2.85. The summed E-state index contributed by atoms with van der Waals surface area (Å²) in [5.74, 6) is -0.0626. The normalized spacial score (nSPS) is 9.30. The van der Waals surface area contributed by atoms with Crippen LogP contribution in [0.15, 0.2) is 23.4 Å². The van der Waals surface area contributed by atoms with E-state index < -0.39 is 0 Å². The Hall–Kier alpha value is -1.38. The molecule has 0 saturated heterocycles. The lowest BCUT2D eigenvalue weighted by atomic mass is 10.2. The summed E-state index contributed by atoms with van der Waals surface area (Å²) in [7, 11) is 0. The van der Waals surface area contributed by atoms with Crippen molar-refractivity contribution in [2.75, 3.05) is 0 Å². The van der Waals surface area contributed by atoms with Crippen molar-refractivity contribution < 1.29 is 5.11 Å². The molecule has 1 aromatic carbocycles. The van der Waals surface area contributed by atoms with Gasteiger partial charge in [0.2, 0.25) is 0 Å². The quantitative estimate of drug-likeness (QED) is 0.549. The van der Waals surface area contributed by atoms with Gasteiger partial charge in [0.05, 0.1) is 0 Å². The monoisotopic (exact) mass is 136 g/mol. The lowest BCUT2D eigenvalue weighted by Crippen LogP contribution is -1.91. The number of nitrogens with zero attached hydrogens (tertiary/aromatic N) is 1. The molecule has 3 nitrogen and oxygen atoms in total. The summed E-state index contributed by atoms with van der Waals surface area (Å²) in [6, 6.07) is 4.21. The molecule has 0 unspecified atom stereocenters. The van der Waals surface area contributed by atoms with Crippen LogP contribution in [0.3, 0.4) is 0 Å². The summed E-state index contributed by atoms with van der Waals surface area (Å²) in [5, 5.41) is 13.4. The van der Waals surface area contributed by atoms with Crippen LogP contribution in [0.25, 0.3) is 0 Å². The number of nitroso groups, excluding NO2 is 1. The predicted molar refractivity (Wildman–Crippen MR) is 36.1 cm³/mol. The largest absolute Gasteiger partial charge is 0.872 e. The molecule has 0 bridgehead atoms. The van der Waals surface area contributed by atoms with Crippen LogP contribution in [0.2, 0.25) is 0 Å². The Morgan fingerprint density at radius 2 is 2.20 bits per heavy atom. The van der Waals surface area contributed by atoms with Crippen molar-refractivity contribution in [3.8, 4) is 5.75 Å². The molecule has 0 N–H and O–H groups in total. The van der Waals surface area contributed by atoms with E-state index in [4.69, 9.17) is 0 Å². The Kier molecular flexibility index (Phi) is 1.67. The minimum Gasteiger partial charge on any atom is -0.872 e. The lowest BCUT2D eigenvalue weighted by Gasteiger charge is -2.07. The molecule has 52 valence electrons. The molecular formula is C7H6NO2-. The molecule has 0 atom stereocenters. The SMILES string of the molecule is Cc1cc(N=O)ccc1[O-]. The highest BCUT2D eigenvalue weighted by Crippen LogP contribution is 2.19. The molecule has 1 aromatic rings. The molecular weight excluding hydrogens is 130 g/mol. The molecule has 3 heteroatoms. The van der Waals surface area contributed by atoms with Crippen LogP contribution in [0.4, 0.5) is 5.69 Å². The van der Waals surface area contributed by atoms with Crippen molar-refractivity contribution in [2.24, 2.45) is 5.18 Å². The van der Waals surface area contributed by atoms with Gasteiger partial charge in [0.25, 0.3) is 0 Å². The van der Waals surface area contributed by atoms with E-state index in [2.05, 4.69) is 5.18 Å². The fourth-order valence-electron chi connectivity index (χ4n) is 0.690. The maximum absolute atomic E-state index is 10.7. The van der Waals surface area contributed by atoms with Gasteiger partial charge in [0, 0.05) is 0 Å². The Morgan fingerprint density at radius 3 is 2.70 bits per heavy atom. The van der Waals surface area contributed by atoms with Gasteiger partial charge in [0.15, 0.2) is 0 Å². The summed E-state index contributed by atoms with van der Waals surface area (Å²) in [5.41, 5.74) is 0.856. The Balaban J connectivity index is 3.16. The van der Waals surface area contributed by atoms with Crippen molar-refractivity contribution in [3.05, 3.63) is 28.7 Å². The predicted octanol–water partition coefficient (Wildman–Crippen LogP) is 1.47. The maximum atomic E-state index is 10.7. The molecule has 1 rings (SSSR count). The van der Waals surface area contributed by atoms with Gasteiger partial charge in [-0.05, 0) is 24.2 Å². The fraction of sp³-hybridized carbons (Fsp3) is 0.143. The Labute approximate surface area is 58.3 Å². The zero-order valence-corrected chi connectivity index (χ0v) is 5.50. The molecule has 0 aliphatic carbocycles. The van der Waals surface area contributed by atoms with Crippen molar-refractivity contribution in [1.82, 2.24) is 0 Å². The zero-order valence-electron chi connectivity index (χ0n) is 5.50. The number of benzene rings is 1. The van der Waals surface area contributed by atoms with E-state index in [0.29, 0.717) is 11.3 Å². The highest BCUT2D eigenvalue weighted by molar-refractivity contribution is 5.45. The summed E-state index contributed by atoms with van der Waals surface area (Å²) < 4.78 is 0. The topological polar surface area (TPSA) is 52.5 Å². The van der Waals surface area contributed by atoms with E-state index in [1.807, 2.05) is 0 Å². The number of hydrogen-bond acceptors (Lipinski definition) is 3. The van der Waals surface area contributed by atoms with Crippen LogP contribution in [-0.2, 0) is 0 Å². The van der Waals surface area contributed by atoms with Crippen molar-refractivity contribution in [3.63, 3.8) is 0 Å². The highest BCUT2D eigenvalue weighted by Gasteiger charge is 1.90. The summed E-state index contributed by atoms with van der Waals surface area (Å²) in [4.78, 5) is 9.92. The summed E-state index contributed by atoms with van der Waals surface area (Å²) in [6.07, 6.45) is 0. The van der Waals surface area contributed by atoms with Crippen LogP contribution in [-0.4, -0.2) is 0 Å².